The van der Waals surface area contributed by atoms with Crippen molar-refractivity contribution >= 4 is 46.1 Å². The number of benzene rings is 1. The lowest BCUT2D eigenvalue weighted by atomic mass is 9.95. The molecule has 3 saturated heterocycles. The summed E-state index contributed by atoms with van der Waals surface area (Å²) in [6, 6.07) is 15.6. The number of carbonyl (C=O) groups excluding carboxylic acids is 3. The standard InChI is InChI=1S/C46H53N13O4/c1-28-22-31(6-9-34(28)29(2)51-42(61)43-54-44(55-63-43)46(3,4)5)40-35-23-37(52-41(35)50-27-49-40)36-10-7-32(24-47-36)58-20-18-56(19-21-58)26-30-12-15-57(16-13-30)33-8-11-38(48-25-33)59-17-14-39(60)53-45(59)62/h6-11,22-25,27,29-30H,12-21,26H2,1-5H3,(H,51,61)(H,49,50,52)(H,53,60,62)/t29-/m1/s1. The molecule has 63 heavy (non-hydrogen) atoms. The molecule has 5 aromatic heterocycles. The topological polar surface area (TPSA) is 194 Å². The summed E-state index contributed by atoms with van der Waals surface area (Å²) in [6.07, 6.45) is 7.91. The Balaban J connectivity index is 0.768. The molecule has 17 heteroatoms. The Kier molecular flexibility index (Phi) is 11.4. The number of aromatic amines is 1. The third-order valence-electron chi connectivity index (χ3n) is 12.4. The molecule has 326 valence electrons. The number of hydrogen-bond acceptors (Lipinski definition) is 13. The number of nitrogens with zero attached hydrogens (tertiary/aromatic N) is 10. The number of hydrogen-bond donors (Lipinski definition) is 3. The first-order valence-electron chi connectivity index (χ1n) is 21.7. The number of amides is 4. The molecule has 6 aromatic rings. The molecular weight excluding hydrogens is 799 g/mol. The van der Waals surface area contributed by atoms with Gasteiger partial charge in [-0.05, 0) is 80.1 Å². The van der Waals surface area contributed by atoms with Crippen LogP contribution in [0.4, 0.5) is 22.0 Å². The molecule has 0 bridgehead atoms. The first-order valence-corrected chi connectivity index (χ1v) is 21.7. The van der Waals surface area contributed by atoms with E-state index in [-0.39, 0.29) is 29.7 Å². The highest BCUT2D eigenvalue weighted by Gasteiger charge is 2.28. The smallest absolute Gasteiger partial charge is 0.329 e. The summed E-state index contributed by atoms with van der Waals surface area (Å²) in [5.41, 5.74) is 8.01. The van der Waals surface area contributed by atoms with Gasteiger partial charge in [0.25, 0.3) is 0 Å². The Hall–Kier alpha value is -6.75. The van der Waals surface area contributed by atoms with Crippen LogP contribution in [0.5, 0.6) is 0 Å². The highest BCUT2D eigenvalue weighted by Crippen LogP contribution is 2.33. The Bertz CT molecular complexity index is 2620. The molecule has 1 aromatic carbocycles. The van der Waals surface area contributed by atoms with Crippen molar-refractivity contribution < 1.29 is 18.9 Å². The molecule has 9 rings (SSSR count). The molecule has 3 N–H and O–H groups in total. The normalized spacial score (nSPS) is 17.3. The summed E-state index contributed by atoms with van der Waals surface area (Å²) < 4.78 is 5.25. The van der Waals surface area contributed by atoms with Crippen molar-refractivity contribution in [3.8, 4) is 22.6 Å². The number of piperidine rings is 1. The van der Waals surface area contributed by atoms with Crippen molar-refractivity contribution in [2.75, 3.05) is 67.1 Å². The van der Waals surface area contributed by atoms with Gasteiger partial charge in [-0.3, -0.25) is 29.7 Å². The van der Waals surface area contributed by atoms with E-state index in [0.717, 1.165) is 115 Å². The molecule has 8 heterocycles. The number of piperazine rings is 1. The van der Waals surface area contributed by atoms with Crippen LogP contribution < -0.4 is 25.3 Å². The van der Waals surface area contributed by atoms with E-state index in [1.807, 2.05) is 71.3 Å². The molecule has 3 aliphatic rings. The molecule has 3 aliphatic heterocycles. The van der Waals surface area contributed by atoms with Crippen molar-refractivity contribution in [1.82, 2.24) is 50.6 Å². The summed E-state index contributed by atoms with van der Waals surface area (Å²) in [6.45, 7) is 17.2. The second kappa shape index (κ2) is 17.2. The Labute approximate surface area is 365 Å². The van der Waals surface area contributed by atoms with Crippen LogP contribution in [0.2, 0.25) is 0 Å². The summed E-state index contributed by atoms with van der Waals surface area (Å²) in [5, 5.41) is 10.2. The van der Waals surface area contributed by atoms with Gasteiger partial charge in [-0.2, -0.15) is 4.98 Å². The van der Waals surface area contributed by atoms with Crippen molar-refractivity contribution in [3.63, 3.8) is 0 Å². The monoisotopic (exact) mass is 851 g/mol. The number of aryl methyl sites for hydroxylation is 1. The second-order valence-electron chi connectivity index (χ2n) is 17.9. The minimum absolute atomic E-state index is 0.0518. The van der Waals surface area contributed by atoms with Gasteiger partial charge in [-0.25, -0.2) is 19.7 Å². The average Bonchev–Trinajstić information content (AvgIpc) is 3.97. The lowest BCUT2D eigenvalue weighted by molar-refractivity contribution is -0.120. The van der Waals surface area contributed by atoms with Crippen LogP contribution in [0.1, 0.15) is 80.6 Å². The summed E-state index contributed by atoms with van der Waals surface area (Å²) in [7, 11) is 0. The molecule has 17 nitrogen and oxygen atoms in total. The molecule has 0 unspecified atom stereocenters. The van der Waals surface area contributed by atoms with Crippen LogP contribution in [0, 0.1) is 12.8 Å². The average molecular weight is 852 g/mol. The quantitative estimate of drug-likeness (QED) is 0.144. The van der Waals surface area contributed by atoms with Gasteiger partial charge in [-0.1, -0.05) is 38.1 Å². The number of fused-ring (bicyclic) bond motifs is 1. The minimum Gasteiger partial charge on any atom is -0.370 e. The molecule has 0 radical (unpaired) electrons. The Morgan fingerprint density at radius 2 is 1.63 bits per heavy atom. The van der Waals surface area contributed by atoms with E-state index in [0.29, 0.717) is 24.1 Å². The second-order valence-corrected chi connectivity index (χ2v) is 17.9. The highest BCUT2D eigenvalue weighted by molar-refractivity contribution is 6.05. The van der Waals surface area contributed by atoms with E-state index in [4.69, 9.17) is 9.51 Å². The largest absolute Gasteiger partial charge is 0.370 e. The van der Waals surface area contributed by atoms with Gasteiger partial charge in [0.05, 0.1) is 46.9 Å². The molecule has 0 saturated carbocycles. The third kappa shape index (κ3) is 8.96. The summed E-state index contributed by atoms with van der Waals surface area (Å²) >= 11 is 0. The summed E-state index contributed by atoms with van der Waals surface area (Å²) in [5.74, 6) is 0.982. The lowest BCUT2D eigenvalue weighted by Gasteiger charge is -2.40. The van der Waals surface area contributed by atoms with E-state index >= 15 is 0 Å². The number of nitrogens with one attached hydrogen (secondary N) is 3. The highest BCUT2D eigenvalue weighted by atomic mass is 16.5. The number of carbonyl (C=O) groups is 3. The van der Waals surface area contributed by atoms with Gasteiger partial charge in [0.2, 0.25) is 5.91 Å². The molecule has 3 fully saturated rings. The van der Waals surface area contributed by atoms with Gasteiger partial charge in [0.1, 0.15) is 17.8 Å². The Morgan fingerprint density at radius 1 is 0.889 bits per heavy atom. The van der Waals surface area contributed by atoms with E-state index < -0.39 is 11.9 Å². The fourth-order valence-electron chi connectivity index (χ4n) is 8.74. The maximum Gasteiger partial charge on any atom is 0.329 e. The van der Waals surface area contributed by atoms with Crippen molar-refractivity contribution in [3.05, 3.63) is 90.1 Å². The third-order valence-corrected chi connectivity index (χ3v) is 12.4. The van der Waals surface area contributed by atoms with Gasteiger partial charge >= 0.3 is 17.8 Å². The lowest BCUT2D eigenvalue weighted by Crippen LogP contribution is -2.50. The Morgan fingerprint density at radius 3 is 2.30 bits per heavy atom. The maximum atomic E-state index is 12.9. The van der Waals surface area contributed by atoms with Crippen LogP contribution in [0.25, 0.3) is 33.7 Å². The number of pyridine rings is 2. The zero-order chi connectivity index (χ0) is 43.8. The summed E-state index contributed by atoms with van der Waals surface area (Å²) in [4.78, 5) is 71.9. The van der Waals surface area contributed by atoms with Crippen LogP contribution in [0.15, 0.2) is 71.8 Å². The van der Waals surface area contributed by atoms with Gasteiger partial charge < -0.3 is 24.6 Å². The van der Waals surface area contributed by atoms with E-state index in [2.05, 4.69) is 79.7 Å². The number of anilines is 3. The molecule has 0 aliphatic carbocycles. The number of imide groups is 1. The van der Waals surface area contributed by atoms with Crippen molar-refractivity contribution in [1.29, 1.82) is 0 Å². The van der Waals surface area contributed by atoms with Gasteiger partial charge in [0.15, 0.2) is 5.82 Å². The number of aromatic nitrogens is 7. The van der Waals surface area contributed by atoms with Crippen LogP contribution in [-0.2, 0) is 10.2 Å². The van der Waals surface area contributed by atoms with E-state index in [1.165, 1.54) is 4.90 Å². The van der Waals surface area contributed by atoms with Crippen LogP contribution >= 0.6 is 0 Å². The number of rotatable bonds is 10. The zero-order valence-electron chi connectivity index (χ0n) is 36.4. The predicted molar refractivity (Wildman–Crippen MR) is 240 cm³/mol. The first-order chi connectivity index (χ1) is 30.4. The zero-order valence-corrected chi connectivity index (χ0v) is 36.4. The fraction of sp³-hybridized carbons (Fsp3) is 0.413. The molecular formula is C46H53N13O4. The van der Waals surface area contributed by atoms with E-state index in [1.54, 1.807) is 6.33 Å². The molecule has 4 amide bonds. The fourth-order valence-corrected chi connectivity index (χ4v) is 8.74. The number of urea groups is 1. The van der Waals surface area contributed by atoms with Crippen molar-refractivity contribution in [2.24, 2.45) is 5.92 Å². The number of H-pyrrole nitrogens is 1. The van der Waals surface area contributed by atoms with Gasteiger partial charge in [-0.15, -0.1) is 0 Å². The van der Waals surface area contributed by atoms with E-state index in [9.17, 15) is 14.4 Å². The predicted octanol–water partition coefficient (Wildman–Crippen LogP) is 6.05. The van der Waals surface area contributed by atoms with Crippen LogP contribution in [-0.4, -0.2) is 110 Å². The van der Waals surface area contributed by atoms with Gasteiger partial charge in [0, 0.05) is 75.1 Å². The first kappa shape index (κ1) is 41.6. The van der Waals surface area contributed by atoms with Crippen LogP contribution in [0.3, 0.4) is 0 Å². The van der Waals surface area contributed by atoms with Crippen molar-refractivity contribution in [2.45, 2.75) is 65.3 Å². The maximum absolute atomic E-state index is 12.9. The minimum atomic E-state index is -0.415. The molecule has 1 atom stereocenters. The SMILES string of the molecule is Cc1cc(-c2ncnc3[nH]c(-c4ccc(N5CCN(CC6CCN(c7ccc(N8CCC(=O)NC8=O)nc7)CC6)CC5)cn4)cc23)ccc1[C@@H](C)NC(=O)c1nc(C(C)(C)C)no1. The molecule has 0 spiro atoms.